The number of carbonyl (C=O) groups excluding carboxylic acids is 3. The highest BCUT2D eigenvalue weighted by Crippen LogP contribution is 2.16. The summed E-state index contributed by atoms with van der Waals surface area (Å²) in [5, 5.41) is 0. The van der Waals surface area contributed by atoms with Gasteiger partial charge in [-0.1, -0.05) is 0 Å². The second kappa shape index (κ2) is 6.03. The van der Waals surface area contributed by atoms with Crippen LogP contribution in [0, 0.1) is 0 Å². The van der Waals surface area contributed by atoms with E-state index in [0.717, 1.165) is 6.08 Å². The highest BCUT2D eigenvalue weighted by atomic mass is 16.7. The van der Waals surface area contributed by atoms with E-state index in [0.29, 0.717) is 6.42 Å². The second-order valence-corrected chi connectivity index (χ2v) is 3.44. The van der Waals surface area contributed by atoms with Crippen molar-refractivity contribution in [3.8, 4) is 0 Å². The van der Waals surface area contributed by atoms with Crippen molar-refractivity contribution in [1.29, 1.82) is 0 Å². The van der Waals surface area contributed by atoms with Gasteiger partial charge in [0.2, 0.25) is 6.29 Å². The molecule has 17 heavy (non-hydrogen) atoms. The number of rotatable bonds is 4. The quantitative estimate of drug-likeness (QED) is 0.533. The van der Waals surface area contributed by atoms with Gasteiger partial charge in [-0.25, -0.2) is 9.59 Å². The van der Waals surface area contributed by atoms with Gasteiger partial charge in [0.15, 0.2) is 0 Å². The molecule has 1 atom stereocenters. The maximum absolute atomic E-state index is 11.5. The first-order chi connectivity index (χ1) is 8.02. The van der Waals surface area contributed by atoms with Crippen LogP contribution in [-0.2, 0) is 28.6 Å². The van der Waals surface area contributed by atoms with E-state index < -0.39 is 24.2 Å². The third-order valence-corrected chi connectivity index (χ3v) is 2.03. The predicted octanol–water partition coefficient (Wildman–Crippen LogP) is 0.702. The van der Waals surface area contributed by atoms with Crippen LogP contribution in [0.4, 0.5) is 0 Å². The zero-order chi connectivity index (χ0) is 12.8. The molecule has 94 valence electrons. The molecule has 1 saturated heterocycles. The Hall–Kier alpha value is -1.85. The van der Waals surface area contributed by atoms with Gasteiger partial charge in [0.25, 0.3) is 0 Å². The summed E-state index contributed by atoms with van der Waals surface area (Å²) in [5.74, 6) is -1.70. The molecule has 0 spiro atoms. The maximum atomic E-state index is 11.5. The van der Waals surface area contributed by atoms with E-state index in [2.05, 4.69) is 4.74 Å². The molecule has 6 heteroatoms. The fraction of sp³-hybridized carbons (Fsp3) is 0.545. The molecule has 0 aromatic rings. The van der Waals surface area contributed by atoms with Gasteiger partial charge in [0.05, 0.1) is 13.0 Å². The summed E-state index contributed by atoms with van der Waals surface area (Å²) < 4.78 is 14.2. The number of ether oxygens (including phenoxy) is 3. The normalized spacial score (nSPS) is 19.8. The van der Waals surface area contributed by atoms with E-state index in [4.69, 9.17) is 9.47 Å². The third-order valence-electron chi connectivity index (χ3n) is 2.03. The minimum atomic E-state index is -0.847. The Balaban J connectivity index is 2.46. The van der Waals surface area contributed by atoms with Crippen LogP contribution in [0.5, 0.6) is 0 Å². The summed E-state index contributed by atoms with van der Waals surface area (Å²) in [4.78, 5) is 33.3. The van der Waals surface area contributed by atoms with Crippen molar-refractivity contribution >= 4 is 17.9 Å². The lowest BCUT2D eigenvalue weighted by Crippen LogP contribution is -2.18. The summed E-state index contributed by atoms with van der Waals surface area (Å²) in [6, 6.07) is 0. The Kier molecular flexibility index (Phi) is 4.68. The fourth-order valence-electron chi connectivity index (χ4n) is 1.22. The summed E-state index contributed by atoms with van der Waals surface area (Å²) >= 11 is 0. The van der Waals surface area contributed by atoms with Crippen molar-refractivity contribution in [3.63, 3.8) is 0 Å². The van der Waals surface area contributed by atoms with Gasteiger partial charge >= 0.3 is 17.9 Å². The standard InChI is InChI=1S/C11H14O6/c1-3-15-9(13)6-7(2)11(14)17-10-5-4-8(12)16-10/h6,10H,3-5H2,1-2H3. The van der Waals surface area contributed by atoms with Gasteiger partial charge in [-0.3, -0.25) is 4.79 Å². The first kappa shape index (κ1) is 13.2. The lowest BCUT2D eigenvalue weighted by molar-refractivity contribution is -0.173. The molecular formula is C11H14O6. The van der Waals surface area contributed by atoms with Crippen molar-refractivity contribution in [3.05, 3.63) is 11.6 Å². The molecule has 1 fully saturated rings. The van der Waals surface area contributed by atoms with Crippen LogP contribution >= 0.6 is 0 Å². The molecule has 1 rings (SSSR count). The number of carbonyl (C=O) groups is 3. The second-order valence-electron chi connectivity index (χ2n) is 3.44. The first-order valence-corrected chi connectivity index (χ1v) is 5.28. The molecule has 1 aliphatic heterocycles. The topological polar surface area (TPSA) is 78.9 Å². The van der Waals surface area contributed by atoms with Crippen LogP contribution in [0.2, 0.25) is 0 Å². The van der Waals surface area contributed by atoms with Crippen LogP contribution in [0.3, 0.4) is 0 Å². The van der Waals surface area contributed by atoms with Crippen molar-refractivity contribution < 1.29 is 28.6 Å². The average Bonchev–Trinajstić information content (AvgIpc) is 2.64. The van der Waals surface area contributed by atoms with E-state index in [-0.39, 0.29) is 18.6 Å². The van der Waals surface area contributed by atoms with Gasteiger partial charge in [0.1, 0.15) is 0 Å². The molecule has 1 heterocycles. The largest absolute Gasteiger partial charge is 0.463 e. The Labute approximate surface area is 98.5 Å². The fourth-order valence-corrected chi connectivity index (χ4v) is 1.22. The smallest absolute Gasteiger partial charge is 0.337 e. The van der Waals surface area contributed by atoms with Crippen LogP contribution in [0.15, 0.2) is 11.6 Å². The van der Waals surface area contributed by atoms with E-state index in [1.54, 1.807) is 6.92 Å². The van der Waals surface area contributed by atoms with Gasteiger partial charge in [0, 0.05) is 18.1 Å². The molecule has 6 nitrogen and oxygen atoms in total. The van der Waals surface area contributed by atoms with Crippen LogP contribution in [0.1, 0.15) is 26.7 Å². The lowest BCUT2D eigenvalue weighted by atomic mass is 10.3. The van der Waals surface area contributed by atoms with E-state index in [9.17, 15) is 14.4 Å². The van der Waals surface area contributed by atoms with Crippen molar-refractivity contribution in [2.45, 2.75) is 33.0 Å². The van der Waals surface area contributed by atoms with Crippen molar-refractivity contribution in [1.82, 2.24) is 0 Å². The Bertz CT molecular complexity index is 357. The summed E-state index contributed by atoms with van der Waals surface area (Å²) in [6.07, 6.45) is 0.777. The lowest BCUT2D eigenvalue weighted by Gasteiger charge is -2.10. The molecule has 1 aliphatic rings. The molecule has 1 unspecified atom stereocenters. The predicted molar refractivity (Wildman–Crippen MR) is 55.6 cm³/mol. The summed E-state index contributed by atoms with van der Waals surface area (Å²) in [5.41, 5.74) is 0.103. The van der Waals surface area contributed by atoms with Gasteiger partial charge in [-0.05, 0) is 13.8 Å². The first-order valence-electron chi connectivity index (χ1n) is 5.28. The number of hydrogen-bond acceptors (Lipinski definition) is 6. The highest BCUT2D eigenvalue weighted by Gasteiger charge is 2.27. The van der Waals surface area contributed by atoms with Crippen molar-refractivity contribution in [2.24, 2.45) is 0 Å². The summed E-state index contributed by atoms with van der Waals surface area (Å²) in [7, 11) is 0. The van der Waals surface area contributed by atoms with Crippen LogP contribution < -0.4 is 0 Å². The molecule has 0 N–H and O–H groups in total. The molecular weight excluding hydrogens is 228 g/mol. The third kappa shape index (κ3) is 4.26. The van der Waals surface area contributed by atoms with E-state index in [1.807, 2.05) is 0 Å². The van der Waals surface area contributed by atoms with E-state index >= 15 is 0 Å². The highest BCUT2D eigenvalue weighted by molar-refractivity contribution is 5.96. The zero-order valence-corrected chi connectivity index (χ0v) is 9.73. The number of esters is 3. The average molecular weight is 242 g/mol. The Morgan fingerprint density at radius 3 is 2.76 bits per heavy atom. The Morgan fingerprint density at radius 2 is 2.24 bits per heavy atom. The van der Waals surface area contributed by atoms with Gasteiger partial charge < -0.3 is 14.2 Å². The van der Waals surface area contributed by atoms with Crippen molar-refractivity contribution in [2.75, 3.05) is 6.61 Å². The van der Waals surface area contributed by atoms with Gasteiger partial charge in [-0.2, -0.15) is 0 Å². The molecule has 0 aromatic carbocycles. The summed E-state index contributed by atoms with van der Waals surface area (Å²) in [6.45, 7) is 3.32. The SMILES string of the molecule is CCOC(=O)C=C(C)C(=O)OC1CCC(=O)O1. The van der Waals surface area contributed by atoms with Crippen LogP contribution in [0.25, 0.3) is 0 Å². The number of cyclic esters (lactones) is 1. The van der Waals surface area contributed by atoms with Crippen LogP contribution in [-0.4, -0.2) is 30.8 Å². The molecule has 0 saturated carbocycles. The zero-order valence-electron chi connectivity index (χ0n) is 9.73. The minimum absolute atomic E-state index is 0.103. The van der Waals surface area contributed by atoms with Gasteiger partial charge in [-0.15, -0.1) is 0 Å². The number of hydrogen-bond donors (Lipinski definition) is 0. The molecule has 0 aromatic heterocycles. The monoisotopic (exact) mass is 242 g/mol. The molecule has 0 bridgehead atoms. The maximum Gasteiger partial charge on any atom is 0.337 e. The molecule has 0 radical (unpaired) electrons. The molecule has 0 amide bonds. The minimum Gasteiger partial charge on any atom is -0.463 e. The Morgan fingerprint density at radius 1 is 1.53 bits per heavy atom. The van der Waals surface area contributed by atoms with E-state index in [1.165, 1.54) is 6.92 Å². The molecule has 0 aliphatic carbocycles.